The molecule has 4 aliphatic heterocycles. The Kier molecular flexibility index (Phi) is 2.17. The standard InChI is InChI=1S/C14H11NO6/c16-12-10-11(6-1-2-7-8(3-6)19-5-18-7)15-21-13(10)9-4-17-14(12)20-9/h1-3,9-10,13-14H,4-5H2/t9-,10+,13-,14+/m0/s1. The molecule has 0 aliphatic carbocycles. The highest BCUT2D eigenvalue weighted by Gasteiger charge is 2.56. The number of ketones is 1. The Bertz CT molecular complexity index is 671. The summed E-state index contributed by atoms with van der Waals surface area (Å²) in [6, 6.07) is 5.48. The summed E-state index contributed by atoms with van der Waals surface area (Å²) in [5, 5.41) is 4.11. The zero-order valence-corrected chi connectivity index (χ0v) is 10.9. The van der Waals surface area contributed by atoms with Gasteiger partial charge < -0.3 is 23.8 Å². The van der Waals surface area contributed by atoms with Gasteiger partial charge in [0.2, 0.25) is 18.9 Å². The van der Waals surface area contributed by atoms with Crippen molar-refractivity contribution in [3.05, 3.63) is 23.8 Å². The maximum atomic E-state index is 12.4. The molecule has 0 aromatic heterocycles. The van der Waals surface area contributed by atoms with Gasteiger partial charge in [0, 0.05) is 5.56 Å². The van der Waals surface area contributed by atoms with E-state index in [0.717, 1.165) is 5.56 Å². The minimum absolute atomic E-state index is 0.136. The van der Waals surface area contributed by atoms with Crippen molar-refractivity contribution < 1.29 is 28.6 Å². The summed E-state index contributed by atoms with van der Waals surface area (Å²) in [5.74, 6) is 0.758. The lowest BCUT2D eigenvalue weighted by molar-refractivity contribution is -0.169. The van der Waals surface area contributed by atoms with E-state index in [9.17, 15) is 4.79 Å². The molecule has 7 nitrogen and oxygen atoms in total. The molecule has 2 fully saturated rings. The Balaban J connectivity index is 1.54. The molecule has 4 aliphatic rings. The smallest absolute Gasteiger partial charge is 0.231 e. The highest BCUT2D eigenvalue weighted by molar-refractivity contribution is 6.16. The summed E-state index contributed by atoms with van der Waals surface area (Å²) in [7, 11) is 0. The molecule has 1 aromatic carbocycles. The Morgan fingerprint density at radius 1 is 1.19 bits per heavy atom. The molecule has 0 spiro atoms. The third kappa shape index (κ3) is 1.50. The van der Waals surface area contributed by atoms with Crippen LogP contribution in [0.5, 0.6) is 11.5 Å². The van der Waals surface area contributed by atoms with Crippen LogP contribution in [0.25, 0.3) is 0 Å². The quantitative estimate of drug-likeness (QED) is 0.747. The molecule has 0 saturated carbocycles. The zero-order valence-electron chi connectivity index (χ0n) is 10.9. The largest absolute Gasteiger partial charge is 0.454 e. The lowest BCUT2D eigenvalue weighted by atomic mass is 9.85. The highest BCUT2D eigenvalue weighted by Crippen LogP contribution is 2.39. The van der Waals surface area contributed by atoms with E-state index < -0.39 is 18.3 Å². The van der Waals surface area contributed by atoms with Crippen molar-refractivity contribution in [1.82, 2.24) is 0 Å². The van der Waals surface area contributed by atoms with Crippen LogP contribution in [0.15, 0.2) is 23.4 Å². The first kappa shape index (κ1) is 11.5. The number of hydrogen-bond donors (Lipinski definition) is 0. The van der Waals surface area contributed by atoms with E-state index in [-0.39, 0.29) is 18.7 Å². The Labute approximate surface area is 119 Å². The Hall–Kier alpha value is -2.12. The van der Waals surface area contributed by atoms with Gasteiger partial charge in [-0.1, -0.05) is 5.16 Å². The summed E-state index contributed by atoms with van der Waals surface area (Å²) in [6.07, 6.45) is -1.44. The first-order valence-corrected chi connectivity index (χ1v) is 6.76. The van der Waals surface area contributed by atoms with Crippen LogP contribution in [-0.4, -0.2) is 43.4 Å². The molecule has 4 heterocycles. The molecule has 2 saturated heterocycles. The number of fused-ring (bicyclic) bond motifs is 5. The van der Waals surface area contributed by atoms with E-state index in [2.05, 4.69) is 5.16 Å². The SMILES string of the molecule is O=C1[C@@H]2OC[C@H](O2)[C@@H]2ON=C(c3ccc4c(c3)OCO4)[C@H]12. The summed E-state index contributed by atoms with van der Waals surface area (Å²) in [5.41, 5.74) is 1.40. The number of benzene rings is 1. The molecule has 108 valence electrons. The monoisotopic (exact) mass is 289 g/mol. The van der Waals surface area contributed by atoms with Crippen LogP contribution >= 0.6 is 0 Å². The van der Waals surface area contributed by atoms with Crippen molar-refractivity contribution in [3.63, 3.8) is 0 Å². The van der Waals surface area contributed by atoms with Crippen LogP contribution in [0.1, 0.15) is 5.56 Å². The van der Waals surface area contributed by atoms with Crippen molar-refractivity contribution in [2.24, 2.45) is 11.1 Å². The average molecular weight is 289 g/mol. The third-order valence-electron chi connectivity index (χ3n) is 4.18. The minimum Gasteiger partial charge on any atom is -0.454 e. The fourth-order valence-electron chi connectivity index (χ4n) is 3.15. The van der Waals surface area contributed by atoms with Gasteiger partial charge in [-0.05, 0) is 18.2 Å². The summed E-state index contributed by atoms with van der Waals surface area (Å²) >= 11 is 0. The van der Waals surface area contributed by atoms with Gasteiger partial charge in [0.25, 0.3) is 0 Å². The maximum absolute atomic E-state index is 12.4. The van der Waals surface area contributed by atoms with E-state index >= 15 is 0 Å². The highest BCUT2D eigenvalue weighted by atomic mass is 16.8. The van der Waals surface area contributed by atoms with Crippen LogP contribution in [0.2, 0.25) is 0 Å². The van der Waals surface area contributed by atoms with Gasteiger partial charge in [0.15, 0.2) is 17.6 Å². The van der Waals surface area contributed by atoms with Crippen LogP contribution in [0.4, 0.5) is 0 Å². The van der Waals surface area contributed by atoms with Crippen LogP contribution < -0.4 is 9.47 Å². The number of Topliss-reactive ketones (excluding diaryl/α,β-unsaturated/α-hetero) is 1. The van der Waals surface area contributed by atoms with Crippen molar-refractivity contribution in [2.75, 3.05) is 13.4 Å². The lowest BCUT2D eigenvalue weighted by Crippen LogP contribution is -2.48. The molecule has 1 aromatic rings. The topological polar surface area (TPSA) is 75.6 Å². The average Bonchev–Trinajstić information content (AvgIpc) is 3.22. The number of rotatable bonds is 1. The number of oxime groups is 1. The van der Waals surface area contributed by atoms with Crippen LogP contribution in [0.3, 0.4) is 0 Å². The van der Waals surface area contributed by atoms with Gasteiger partial charge >= 0.3 is 0 Å². The predicted octanol–water partition coefficient (Wildman–Crippen LogP) is 0.459. The van der Waals surface area contributed by atoms with E-state index in [1.165, 1.54) is 0 Å². The number of hydrogen-bond acceptors (Lipinski definition) is 7. The zero-order chi connectivity index (χ0) is 14.0. The molecule has 5 rings (SSSR count). The van der Waals surface area contributed by atoms with Gasteiger partial charge in [-0.25, -0.2) is 0 Å². The molecule has 0 N–H and O–H groups in total. The molecule has 4 atom stereocenters. The second-order valence-electron chi connectivity index (χ2n) is 5.33. The second-order valence-corrected chi connectivity index (χ2v) is 5.33. The van der Waals surface area contributed by atoms with E-state index in [0.29, 0.717) is 23.8 Å². The minimum atomic E-state index is -0.794. The first-order chi connectivity index (χ1) is 10.3. The van der Waals surface area contributed by atoms with E-state index in [1.807, 2.05) is 18.2 Å². The maximum Gasteiger partial charge on any atom is 0.231 e. The number of carbonyl (C=O) groups is 1. The molecule has 0 radical (unpaired) electrons. The molecular formula is C14H11NO6. The van der Waals surface area contributed by atoms with Crippen LogP contribution in [0, 0.1) is 5.92 Å². The fraction of sp³-hybridized carbons (Fsp3) is 0.429. The number of nitrogens with zero attached hydrogens (tertiary/aromatic N) is 1. The van der Waals surface area contributed by atoms with Gasteiger partial charge in [0.05, 0.1) is 6.61 Å². The van der Waals surface area contributed by atoms with Crippen LogP contribution in [-0.2, 0) is 19.1 Å². The first-order valence-electron chi connectivity index (χ1n) is 6.76. The summed E-state index contributed by atoms with van der Waals surface area (Å²) < 4.78 is 21.5. The van der Waals surface area contributed by atoms with Crippen molar-refractivity contribution >= 4 is 11.5 Å². The number of carbonyl (C=O) groups excluding carboxylic acids is 1. The van der Waals surface area contributed by atoms with E-state index in [1.54, 1.807) is 0 Å². The number of ether oxygens (including phenoxy) is 4. The molecule has 0 unspecified atom stereocenters. The molecular weight excluding hydrogens is 278 g/mol. The molecule has 21 heavy (non-hydrogen) atoms. The summed E-state index contributed by atoms with van der Waals surface area (Å²) in [4.78, 5) is 17.8. The molecule has 2 bridgehead atoms. The van der Waals surface area contributed by atoms with Gasteiger partial charge in [-0.3, -0.25) is 4.79 Å². The van der Waals surface area contributed by atoms with Gasteiger partial charge in [-0.2, -0.15) is 0 Å². The molecule has 0 amide bonds. The molecule has 7 heteroatoms. The van der Waals surface area contributed by atoms with Crippen molar-refractivity contribution in [3.8, 4) is 11.5 Å². The lowest BCUT2D eigenvalue weighted by Gasteiger charge is -2.27. The van der Waals surface area contributed by atoms with Crippen molar-refractivity contribution in [2.45, 2.75) is 18.5 Å². The van der Waals surface area contributed by atoms with Crippen molar-refractivity contribution in [1.29, 1.82) is 0 Å². The van der Waals surface area contributed by atoms with Gasteiger partial charge in [-0.15, -0.1) is 0 Å². The summed E-state index contributed by atoms with van der Waals surface area (Å²) in [6.45, 7) is 0.570. The Morgan fingerprint density at radius 3 is 3.05 bits per heavy atom. The normalized spacial score (nSPS) is 35.4. The third-order valence-corrected chi connectivity index (χ3v) is 4.18. The van der Waals surface area contributed by atoms with E-state index in [4.69, 9.17) is 23.8 Å². The fourth-order valence-corrected chi connectivity index (χ4v) is 3.15. The Morgan fingerprint density at radius 2 is 2.10 bits per heavy atom. The predicted molar refractivity (Wildman–Crippen MR) is 67.1 cm³/mol. The van der Waals surface area contributed by atoms with Gasteiger partial charge in [0.1, 0.15) is 17.7 Å². The second kappa shape index (κ2) is 3.96.